The SMILES string of the molecule is Cc1cccc(C(=O)Nc2ccc3c(c2)oc(=O)n3C)c1. The molecule has 0 aliphatic carbocycles. The molecule has 3 aromatic rings. The Hall–Kier alpha value is -2.82. The number of carbonyl (C=O) groups is 1. The first-order valence-electron chi connectivity index (χ1n) is 6.52. The van der Waals surface area contributed by atoms with Crippen molar-refractivity contribution in [2.24, 2.45) is 7.05 Å². The standard InChI is InChI=1S/C16H14N2O3/c1-10-4-3-5-11(8-10)15(19)17-12-6-7-13-14(9-12)21-16(20)18(13)2/h3-9H,1-2H3,(H,17,19). The summed E-state index contributed by atoms with van der Waals surface area (Å²) in [6, 6.07) is 12.5. The van der Waals surface area contributed by atoms with Gasteiger partial charge in [-0.25, -0.2) is 4.79 Å². The molecule has 0 saturated heterocycles. The first-order chi connectivity index (χ1) is 10.0. The molecule has 3 rings (SSSR count). The molecule has 0 bridgehead atoms. The lowest BCUT2D eigenvalue weighted by atomic mass is 10.1. The third-order valence-electron chi connectivity index (χ3n) is 3.33. The van der Waals surface area contributed by atoms with Crippen molar-refractivity contribution >= 4 is 22.7 Å². The number of fused-ring (bicyclic) bond motifs is 1. The number of hydrogen-bond donors (Lipinski definition) is 1. The fourth-order valence-corrected chi connectivity index (χ4v) is 2.20. The number of aryl methyl sites for hydroxylation is 2. The molecule has 5 heteroatoms. The molecule has 1 amide bonds. The van der Waals surface area contributed by atoms with Crippen molar-refractivity contribution in [2.75, 3.05) is 5.32 Å². The number of carbonyl (C=O) groups excluding carboxylic acids is 1. The van der Waals surface area contributed by atoms with E-state index < -0.39 is 5.76 Å². The van der Waals surface area contributed by atoms with Crippen LogP contribution in [0, 0.1) is 6.92 Å². The van der Waals surface area contributed by atoms with Crippen LogP contribution in [0.15, 0.2) is 51.7 Å². The average molecular weight is 282 g/mol. The van der Waals surface area contributed by atoms with E-state index in [4.69, 9.17) is 4.42 Å². The molecule has 0 unspecified atom stereocenters. The van der Waals surface area contributed by atoms with Gasteiger partial charge in [-0.1, -0.05) is 17.7 Å². The Morgan fingerprint density at radius 2 is 2.00 bits per heavy atom. The fourth-order valence-electron chi connectivity index (χ4n) is 2.20. The van der Waals surface area contributed by atoms with Gasteiger partial charge in [-0.3, -0.25) is 9.36 Å². The van der Waals surface area contributed by atoms with Gasteiger partial charge in [-0.2, -0.15) is 0 Å². The molecule has 1 heterocycles. The predicted molar refractivity (Wildman–Crippen MR) is 80.6 cm³/mol. The number of oxazole rings is 1. The summed E-state index contributed by atoms with van der Waals surface area (Å²) in [7, 11) is 1.64. The quantitative estimate of drug-likeness (QED) is 0.786. The summed E-state index contributed by atoms with van der Waals surface area (Å²) in [6.45, 7) is 1.93. The zero-order valence-corrected chi connectivity index (χ0v) is 11.7. The molecule has 106 valence electrons. The molecular weight excluding hydrogens is 268 g/mol. The molecule has 0 aliphatic heterocycles. The first-order valence-corrected chi connectivity index (χ1v) is 6.52. The average Bonchev–Trinajstić information content (AvgIpc) is 2.73. The van der Waals surface area contributed by atoms with E-state index in [-0.39, 0.29) is 5.91 Å². The zero-order valence-electron chi connectivity index (χ0n) is 11.7. The maximum Gasteiger partial charge on any atom is 0.419 e. The molecule has 21 heavy (non-hydrogen) atoms. The van der Waals surface area contributed by atoms with E-state index in [1.807, 2.05) is 25.1 Å². The summed E-state index contributed by atoms with van der Waals surface area (Å²) in [6.07, 6.45) is 0. The second-order valence-electron chi connectivity index (χ2n) is 4.93. The smallest absolute Gasteiger partial charge is 0.408 e. The summed E-state index contributed by atoms with van der Waals surface area (Å²) in [5.74, 6) is -0.622. The van der Waals surface area contributed by atoms with Crippen LogP contribution in [-0.2, 0) is 7.05 Å². The molecule has 0 aliphatic rings. The number of anilines is 1. The normalized spacial score (nSPS) is 10.8. The van der Waals surface area contributed by atoms with Crippen LogP contribution in [0.5, 0.6) is 0 Å². The lowest BCUT2D eigenvalue weighted by Crippen LogP contribution is -2.11. The molecule has 0 saturated carbocycles. The number of aromatic nitrogens is 1. The van der Waals surface area contributed by atoms with Crippen molar-refractivity contribution in [2.45, 2.75) is 6.92 Å². The minimum absolute atomic E-state index is 0.198. The number of nitrogens with zero attached hydrogens (tertiary/aromatic N) is 1. The summed E-state index contributed by atoms with van der Waals surface area (Å²) >= 11 is 0. The number of rotatable bonds is 2. The van der Waals surface area contributed by atoms with Crippen LogP contribution in [0.1, 0.15) is 15.9 Å². The largest absolute Gasteiger partial charge is 0.419 e. The topological polar surface area (TPSA) is 64.2 Å². The Balaban J connectivity index is 1.91. The van der Waals surface area contributed by atoms with Gasteiger partial charge in [0.2, 0.25) is 0 Å². The Labute approximate surface area is 120 Å². The van der Waals surface area contributed by atoms with Crippen molar-refractivity contribution < 1.29 is 9.21 Å². The van der Waals surface area contributed by atoms with Gasteiger partial charge in [0, 0.05) is 24.4 Å². The van der Waals surface area contributed by atoms with Crippen LogP contribution in [0.4, 0.5) is 5.69 Å². The lowest BCUT2D eigenvalue weighted by molar-refractivity contribution is 0.102. The van der Waals surface area contributed by atoms with E-state index in [1.54, 1.807) is 31.3 Å². The molecule has 0 atom stereocenters. The Morgan fingerprint density at radius 3 is 2.76 bits per heavy atom. The first kappa shape index (κ1) is 13.2. The summed E-state index contributed by atoms with van der Waals surface area (Å²) in [4.78, 5) is 23.6. The van der Waals surface area contributed by atoms with Gasteiger partial charge >= 0.3 is 5.76 Å². The Bertz CT molecular complexity index is 890. The zero-order chi connectivity index (χ0) is 15.0. The highest BCUT2D eigenvalue weighted by atomic mass is 16.4. The lowest BCUT2D eigenvalue weighted by Gasteiger charge is -2.05. The van der Waals surface area contributed by atoms with E-state index in [9.17, 15) is 9.59 Å². The highest BCUT2D eigenvalue weighted by Gasteiger charge is 2.09. The van der Waals surface area contributed by atoms with E-state index in [1.165, 1.54) is 4.57 Å². The van der Waals surface area contributed by atoms with E-state index in [0.29, 0.717) is 22.4 Å². The van der Waals surface area contributed by atoms with Gasteiger partial charge in [-0.05, 0) is 31.2 Å². The highest BCUT2D eigenvalue weighted by molar-refractivity contribution is 6.05. The molecule has 0 spiro atoms. The number of nitrogens with one attached hydrogen (secondary N) is 1. The summed E-state index contributed by atoms with van der Waals surface area (Å²) in [5, 5.41) is 2.80. The van der Waals surface area contributed by atoms with Crippen LogP contribution in [0.25, 0.3) is 11.1 Å². The van der Waals surface area contributed by atoms with Gasteiger partial charge in [0.05, 0.1) is 5.52 Å². The van der Waals surface area contributed by atoms with Crippen molar-refractivity contribution in [1.82, 2.24) is 4.57 Å². The fraction of sp³-hybridized carbons (Fsp3) is 0.125. The van der Waals surface area contributed by atoms with Gasteiger partial charge in [-0.15, -0.1) is 0 Å². The second kappa shape index (κ2) is 4.94. The minimum Gasteiger partial charge on any atom is -0.408 e. The number of hydrogen-bond acceptors (Lipinski definition) is 3. The van der Waals surface area contributed by atoms with Gasteiger partial charge < -0.3 is 9.73 Å². The molecule has 1 N–H and O–H groups in total. The van der Waals surface area contributed by atoms with Gasteiger partial charge in [0.15, 0.2) is 5.58 Å². The number of amides is 1. The van der Waals surface area contributed by atoms with Crippen LogP contribution in [0.2, 0.25) is 0 Å². The second-order valence-corrected chi connectivity index (χ2v) is 4.93. The number of benzene rings is 2. The van der Waals surface area contributed by atoms with Crippen LogP contribution in [0.3, 0.4) is 0 Å². The van der Waals surface area contributed by atoms with Crippen molar-refractivity contribution in [1.29, 1.82) is 0 Å². The molecular formula is C16H14N2O3. The van der Waals surface area contributed by atoms with Crippen LogP contribution < -0.4 is 11.1 Å². The van der Waals surface area contributed by atoms with Crippen molar-refractivity contribution in [3.63, 3.8) is 0 Å². The van der Waals surface area contributed by atoms with Crippen LogP contribution >= 0.6 is 0 Å². The van der Waals surface area contributed by atoms with Gasteiger partial charge in [0.25, 0.3) is 5.91 Å². The highest BCUT2D eigenvalue weighted by Crippen LogP contribution is 2.18. The van der Waals surface area contributed by atoms with Gasteiger partial charge in [0.1, 0.15) is 0 Å². The minimum atomic E-state index is -0.424. The molecule has 2 aromatic carbocycles. The third-order valence-corrected chi connectivity index (χ3v) is 3.33. The van der Waals surface area contributed by atoms with E-state index in [2.05, 4.69) is 5.32 Å². The predicted octanol–water partition coefficient (Wildman–Crippen LogP) is 2.69. The van der Waals surface area contributed by atoms with E-state index in [0.717, 1.165) is 5.56 Å². The third kappa shape index (κ3) is 2.45. The maximum absolute atomic E-state index is 12.2. The molecule has 0 radical (unpaired) electrons. The Morgan fingerprint density at radius 1 is 1.19 bits per heavy atom. The monoisotopic (exact) mass is 282 g/mol. The molecule has 0 fully saturated rings. The summed E-state index contributed by atoms with van der Waals surface area (Å²) < 4.78 is 6.52. The van der Waals surface area contributed by atoms with Crippen molar-refractivity contribution in [3.05, 3.63) is 64.1 Å². The molecule has 1 aromatic heterocycles. The van der Waals surface area contributed by atoms with E-state index >= 15 is 0 Å². The summed E-state index contributed by atoms with van der Waals surface area (Å²) in [5.41, 5.74) is 3.33. The Kier molecular flexibility index (Phi) is 3.10. The maximum atomic E-state index is 12.2. The van der Waals surface area contributed by atoms with Crippen LogP contribution in [-0.4, -0.2) is 10.5 Å². The van der Waals surface area contributed by atoms with Crippen molar-refractivity contribution in [3.8, 4) is 0 Å². The molecule has 5 nitrogen and oxygen atoms in total.